The van der Waals surface area contributed by atoms with Crippen molar-refractivity contribution in [2.24, 2.45) is 0 Å². The average molecular weight is 391 g/mol. The summed E-state index contributed by atoms with van der Waals surface area (Å²) in [6.07, 6.45) is 2.79. The van der Waals surface area contributed by atoms with Gasteiger partial charge in [-0.05, 0) is 43.5 Å². The van der Waals surface area contributed by atoms with Gasteiger partial charge in [0.15, 0.2) is 0 Å². The fourth-order valence-electron chi connectivity index (χ4n) is 4.16. The maximum atomic E-state index is 13.4. The van der Waals surface area contributed by atoms with Crippen molar-refractivity contribution in [3.05, 3.63) is 60.7 Å². The number of nitrogens with zero attached hydrogens (tertiary/aromatic N) is 3. The molecule has 2 heterocycles. The van der Waals surface area contributed by atoms with E-state index in [2.05, 4.69) is 0 Å². The molecule has 4 rings (SSSR count). The molecule has 0 bridgehead atoms. The van der Waals surface area contributed by atoms with E-state index in [0.29, 0.717) is 45.2 Å². The number of likely N-dealkylation sites (tertiary alicyclic amines) is 2. The van der Waals surface area contributed by atoms with Crippen LogP contribution in [0.3, 0.4) is 0 Å². The highest BCUT2D eigenvalue weighted by Gasteiger charge is 2.36. The smallest absolute Gasteiger partial charge is 0.324 e. The lowest BCUT2D eigenvalue weighted by Crippen LogP contribution is -2.53. The van der Waals surface area contributed by atoms with Crippen LogP contribution in [-0.4, -0.2) is 46.8 Å². The second-order valence-electron chi connectivity index (χ2n) is 7.52. The predicted octanol–water partition coefficient (Wildman–Crippen LogP) is 3.95. The number of imide groups is 1. The van der Waals surface area contributed by atoms with Gasteiger partial charge in [-0.3, -0.25) is 19.4 Å². The Morgan fingerprint density at radius 2 is 1.28 bits per heavy atom. The first-order valence-corrected chi connectivity index (χ1v) is 10.2. The first-order valence-electron chi connectivity index (χ1n) is 10.2. The number of piperidine rings is 2. The van der Waals surface area contributed by atoms with E-state index in [9.17, 15) is 14.4 Å². The first-order chi connectivity index (χ1) is 14.1. The fourth-order valence-corrected chi connectivity index (χ4v) is 4.16. The van der Waals surface area contributed by atoms with Crippen LogP contribution < -0.4 is 4.90 Å². The van der Waals surface area contributed by atoms with Crippen LogP contribution in [-0.2, 0) is 9.59 Å². The molecule has 2 aliphatic heterocycles. The number of amides is 4. The number of carbonyl (C=O) groups excluding carboxylic acids is 3. The van der Waals surface area contributed by atoms with Crippen molar-refractivity contribution in [1.82, 2.24) is 9.80 Å². The zero-order valence-electron chi connectivity index (χ0n) is 16.4. The highest BCUT2D eigenvalue weighted by molar-refractivity contribution is 6.00. The molecular weight excluding hydrogens is 366 g/mol. The molecule has 0 radical (unpaired) electrons. The lowest BCUT2D eigenvalue weighted by atomic mass is 9.99. The van der Waals surface area contributed by atoms with E-state index < -0.39 is 0 Å². The molecule has 2 aliphatic rings. The number of hydrogen-bond donors (Lipinski definition) is 0. The summed E-state index contributed by atoms with van der Waals surface area (Å²) in [6, 6.07) is 19.0. The maximum Gasteiger partial charge on any atom is 0.329 e. The van der Waals surface area contributed by atoms with Gasteiger partial charge in [0.1, 0.15) is 0 Å². The molecule has 0 unspecified atom stereocenters. The standard InChI is InChI=1S/C23H25N3O3/c27-21-12-7-13-22(28)26(21)20-14-16-24(17-15-20)23(29)25(18-8-3-1-4-9-18)19-10-5-2-6-11-19/h1-6,8-11,20H,7,12-17H2. The number of hydrogen-bond acceptors (Lipinski definition) is 3. The Morgan fingerprint density at radius 1 is 0.793 bits per heavy atom. The topological polar surface area (TPSA) is 60.9 Å². The van der Waals surface area contributed by atoms with Gasteiger partial charge in [0.05, 0.1) is 11.4 Å². The molecule has 2 aromatic carbocycles. The number of rotatable bonds is 3. The lowest BCUT2D eigenvalue weighted by Gasteiger charge is -2.40. The minimum absolute atomic E-state index is 0.0683. The quantitative estimate of drug-likeness (QED) is 0.745. The van der Waals surface area contributed by atoms with E-state index in [1.54, 1.807) is 4.90 Å². The normalized spacial score (nSPS) is 18.1. The van der Waals surface area contributed by atoms with Crippen molar-refractivity contribution in [2.75, 3.05) is 18.0 Å². The monoisotopic (exact) mass is 391 g/mol. The molecule has 4 amide bonds. The van der Waals surface area contributed by atoms with Crippen LogP contribution in [0.5, 0.6) is 0 Å². The Balaban J connectivity index is 1.50. The van der Waals surface area contributed by atoms with Gasteiger partial charge < -0.3 is 4.90 Å². The summed E-state index contributed by atoms with van der Waals surface area (Å²) in [5.41, 5.74) is 1.62. The molecule has 29 heavy (non-hydrogen) atoms. The van der Waals surface area contributed by atoms with Gasteiger partial charge >= 0.3 is 6.03 Å². The Morgan fingerprint density at radius 3 is 1.76 bits per heavy atom. The summed E-state index contributed by atoms with van der Waals surface area (Å²) in [4.78, 5) is 42.8. The Hall–Kier alpha value is -3.15. The molecule has 2 fully saturated rings. The van der Waals surface area contributed by atoms with E-state index in [0.717, 1.165) is 11.4 Å². The third-order valence-corrected chi connectivity index (χ3v) is 5.64. The zero-order valence-corrected chi connectivity index (χ0v) is 16.4. The number of carbonyl (C=O) groups is 3. The van der Waals surface area contributed by atoms with Crippen molar-refractivity contribution in [3.63, 3.8) is 0 Å². The largest absolute Gasteiger partial charge is 0.329 e. The van der Waals surface area contributed by atoms with Crippen molar-refractivity contribution in [1.29, 1.82) is 0 Å². The van der Waals surface area contributed by atoms with Crippen molar-refractivity contribution >= 4 is 29.2 Å². The number of anilines is 2. The molecule has 6 heteroatoms. The minimum atomic E-state index is -0.0961. The summed E-state index contributed by atoms with van der Waals surface area (Å²) < 4.78 is 0. The summed E-state index contributed by atoms with van der Waals surface area (Å²) in [6.45, 7) is 1.05. The summed E-state index contributed by atoms with van der Waals surface area (Å²) in [5.74, 6) is -0.137. The third kappa shape index (κ3) is 4.01. The van der Waals surface area contributed by atoms with Crippen molar-refractivity contribution in [3.8, 4) is 0 Å². The number of para-hydroxylation sites is 2. The summed E-state index contributed by atoms with van der Waals surface area (Å²) >= 11 is 0. The van der Waals surface area contributed by atoms with Gasteiger partial charge in [-0.1, -0.05) is 36.4 Å². The molecule has 6 nitrogen and oxygen atoms in total. The van der Waals surface area contributed by atoms with Crippen LogP contribution in [0, 0.1) is 0 Å². The fraction of sp³-hybridized carbons (Fsp3) is 0.348. The average Bonchev–Trinajstić information content (AvgIpc) is 2.76. The Labute approximate surface area is 170 Å². The van der Waals surface area contributed by atoms with Crippen LogP contribution in [0.15, 0.2) is 60.7 Å². The van der Waals surface area contributed by atoms with Crippen LogP contribution in [0.25, 0.3) is 0 Å². The van der Waals surface area contributed by atoms with E-state index in [1.807, 2.05) is 65.6 Å². The van der Waals surface area contributed by atoms with E-state index in [4.69, 9.17) is 0 Å². The van der Waals surface area contributed by atoms with E-state index in [1.165, 1.54) is 4.90 Å². The number of urea groups is 1. The van der Waals surface area contributed by atoms with E-state index >= 15 is 0 Å². The summed E-state index contributed by atoms with van der Waals surface area (Å²) in [7, 11) is 0. The van der Waals surface area contributed by atoms with Gasteiger partial charge in [-0.15, -0.1) is 0 Å². The van der Waals surface area contributed by atoms with Crippen LogP contribution in [0.1, 0.15) is 32.1 Å². The second kappa shape index (κ2) is 8.47. The highest BCUT2D eigenvalue weighted by atomic mass is 16.2. The number of benzene rings is 2. The molecule has 2 saturated heterocycles. The van der Waals surface area contributed by atoms with Crippen molar-refractivity contribution < 1.29 is 14.4 Å². The predicted molar refractivity (Wildman–Crippen MR) is 111 cm³/mol. The van der Waals surface area contributed by atoms with Gasteiger partial charge in [0.2, 0.25) is 11.8 Å². The second-order valence-corrected chi connectivity index (χ2v) is 7.52. The molecule has 2 aromatic rings. The molecule has 150 valence electrons. The molecule has 0 saturated carbocycles. The Kier molecular flexibility index (Phi) is 5.60. The molecule has 0 aromatic heterocycles. The van der Waals surface area contributed by atoms with Crippen LogP contribution >= 0.6 is 0 Å². The highest BCUT2D eigenvalue weighted by Crippen LogP contribution is 2.29. The summed E-state index contributed by atoms with van der Waals surface area (Å²) in [5, 5.41) is 0. The molecule has 0 spiro atoms. The van der Waals surface area contributed by atoms with E-state index in [-0.39, 0.29) is 23.9 Å². The molecule has 0 N–H and O–H groups in total. The zero-order chi connectivity index (χ0) is 20.2. The molecular formula is C23H25N3O3. The molecule has 0 atom stereocenters. The van der Waals surface area contributed by atoms with Gasteiger partial charge in [0, 0.05) is 32.0 Å². The SMILES string of the molecule is O=C(N1CCC(N2C(=O)CCCC2=O)CC1)N(c1ccccc1)c1ccccc1. The van der Waals surface area contributed by atoms with Crippen LogP contribution in [0.2, 0.25) is 0 Å². The van der Waals surface area contributed by atoms with Crippen molar-refractivity contribution in [2.45, 2.75) is 38.1 Å². The van der Waals surface area contributed by atoms with Crippen LogP contribution in [0.4, 0.5) is 16.2 Å². The van der Waals surface area contributed by atoms with Gasteiger partial charge in [-0.25, -0.2) is 4.79 Å². The first kappa shape index (κ1) is 19.2. The Bertz CT molecular complexity index is 821. The lowest BCUT2D eigenvalue weighted by molar-refractivity contribution is -0.151. The van der Waals surface area contributed by atoms with Gasteiger partial charge in [-0.2, -0.15) is 0 Å². The molecule has 0 aliphatic carbocycles. The van der Waals surface area contributed by atoms with Gasteiger partial charge in [0.25, 0.3) is 0 Å². The minimum Gasteiger partial charge on any atom is -0.324 e. The third-order valence-electron chi connectivity index (χ3n) is 5.64. The maximum absolute atomic E-state index is 13.4.